The van der Waals surface area contributed by atoms with Crippen molar-refractivity contribution in [1.82, 2.24) is 9.78 Å². The topological polar surface area (TPSA) is 55.1 Å². The summed E-state index contributed by atoms with van der Waals surface area (Å²) in [5, 5.41) is 17.9. The first-order valence-electron chi connectivity index (χ1n) is 5.77. The lowest BCUT2D eigenvalue weighted by molar-refractivity contribution is 0.0697. The molecule has 0 spiro atoms. The molecule has 0 aliphatic rings. The normalized spacial score (nSPS) is 10.7. The van der Waals surface area contributed by atoms with Crippen LogP contribution in [0.4, 0.5) is 0 Å². The zero-order chi connectivity index (χ0) is 14.1. The Morgan fingerprint density at radius 3 is 2.75 bits per heavy atom. The molecule has 0 saturated carbocycles. The van der Waals surface area contributed by atoms with Crippen LogP contribution < -0.4 is 0 Å². The highest BCUT2D eigenvalue weighted by molar-refractivity contribution is 7.08. The molecule has 0 amide bonds. The molecule has 3 rings (SSSR count). The Bertz CT molecular complexity index is 765. The van der Waals surface area contributed by atoms with E-state index >= 15 is 0 Å². The maximum Gasteiger partial charge on any atom is 0.339 e. The first-order valence-corrected chi connectivity index (χ1v) is 7.09. The van der Waals surface area contributed by atoms with Crippen molar-refractivity contribution in [2.45, 2.75) is 0 Å². The molecule has 1 N–H and O–H groups in total. The number of rotatable bonds is 3. The standard InChI is InChI=1S/C14H9ClN2O2S/c15-11-3-1-2-4-12(11)17-7-10(14(18)19)13(16-17)9-5-6-20-8-9/h1-8H,(H,18,19). The summed E-state index contributed by atoms with van der Waals surface area (Å²) in [6.45, 7) is 0. The largest absolute Gasteiger partial charge is 0.478 e. The molecule has 6 heteroatoms. The van der Waals surface area contributed by atoms with E-state index in [0.29, 0.717) is 16.4 Å². The molecule has 0 radical (unpaired) electrons. The molecule has 4 nitrogen and oxygen atoms in total. The minimum Gasteiger partial charge on any atom is -0.478 e. The number of carboxylic acids is 1. The molecule has 3 aromatic rings. The smallest absolute Gasteiger partial charge is 0.339 e. The van der Waals surface area contributed by atoms with Gasteiger partial charge >= 0.3 is 5.97 Å². The predicted molar refractivity (Wildman–Crippen MR) is 78.8 cm³/mol. The second-order valence-corrected chi connectivity index (χ2v) is 5.29. The number of hydrogen-bond donors (Lipinski definition) is 1. The third-order valence-corrected chi connectivity index (χ3v) is 3.84. The SMILES string of the molecule is O=C(O)c1cn(-c2ccccc2Cl)nc1-c1ccsc1. The lowest BCUT2D eigenvalue weighted by Crippen LogP contribution is -1.96. The summed E-state index contributed by atoms with van der Waals surface area (Å²) in [5.41, 5.74) is 2.04. The van der Waals surface area contributed by atoms with Gasteiger partial charge in [-0.05, 0) is 23.6 Å². The number of nitrogens with zero attached hydrogens (tertiary/aromatic N) is 2. The minimum absolute atomic E-state index is 0.156. The second kappa shape index (κ2) is 5.11. The molecule has 1 aromatic carbocycles. The van der Waals surface area contributed by atoms with Gasteiger partial charge in [0.2, 0.25) is 0 Å². The minimum atomic E-state index is -1.01. The van der Waals surface area contributed by atoms with Crippen molar-refractivity contribution >= 4 is 28.9 Å². The van der Waals surface area contributed by atoms with Gasteiger partial charge in [-0.2, -0.15) is 16.4 Å². The number of para-hydroxylation sites is 1. The quantitative estimate of drug-likeness (QED) is 0.797. The number of carboxylic acid groups (broad SMARTS) is 1. The van der Waals surface area contributed by atoms with Crippen molar-refractivity contribution in [3.8, 4) is 16.9 Å². The van der Waals surface area contributed by atoms with Crippen LogP contribution in [-0.2, 0) is 0 Å². The van der Waals surface area contributed by atoms with Gasteiger partial charge in [-0.3, -0.25) is 0 Å². The van der Waals surface area contributed by atoms with Gasteiger partial charge in [0.15, 0.2) is 0 Å². The van der Waals surface area contributed by atoms with Crippen LogP contribution in [0.1, 0.15) is 10.4 Å². The van der Waals surface area contributed by atoms with E-state index in [4.69, 9.17) is 11.6 Å². The fourth-order valence-electron chi connectivity index (χ4n) is 1.90. The molecule has 2 heterocycles. The Labute approximate surface area is 123 Å². The third-order valence-electron chi connectivity index (χ3n) is 2.84. The summed E-state index contributed by atoms with van der Waals surface area (Å²) in [4.78, 5) is 11.4. The summed E-state index contributed by atoms with van der Waals surface area (Å²) in [6.07, 6.45) is 1.48. The third kappa shape index (κ3) is 2.21. The van der Waals surface area contributed by atoms with Crippen LogP contribution in [0, 0.1) is 0 Å². The zero-order valence-corrected chi connectivity index (χ0v) is 11.7. The molecule has 0 unspecified atom stereocenters. The van der Waals surface area contributed by atoms with Crippen LogP contribution in [-0.4, -0.2) is 20.9 Å². The number of aromatic nitrogens is 2. The molecular formula is C14H9ClN2O2S. The highest BCUT2D eigenvalue weighted by Crippen LogP contribution is 2.27. The van der Waals surface area contributed by atoms with Gasteiger partial charge in [-0.1, -0.05) is 23.7 Å². The molecule has 100 valence electrons. The van der Waals surface area contributed by atoms with Crippen molar-refractivity contribution in [3.05, 3.63) is 57.9 Å². The fraction of sp³-hybridized carbons (Fsp3) is 0. The number of thiophene rings is 1. The second-order valence-electron chi connectivity index (χ2n) is 4.10. The van der Waals surface area contributed by atoms with Crippen molar-refractivity contribution in [1.29, 1.82) is 0 Å². The fourth-order valence-corrected chi connectivity index (χ4v) is 2.77. The van der Waals surface area contributed by atoms with Gasteiger partial charge in [0, 0.05) is 17.1 Å². The highest BCUT2D eigenvalue weighted by atomic mass is 35.5. The lowest BCUT2D eigenvalue weighted by atomic mass is 10.1. The van der Waals surface area contributed by atoms with Crippen molar-refractivity contribution in [3.63, 3.8) is 0 Å². The van der Waals surface area contributed by atoms with Gasteiger partial charge in [0.25, 0.3) is 0 Å². The van der Waals surface area contributed by atoms with E-state index in [1.165, 1.54) is 22.2 Å². The summed E-state index contributed by atoms with van der Waals surface area (Å²) < 4.78 is 1.50. The van der Waals surface area contributed by atoms with Crippen LogP contribution in [0.3, 0.4) is 0 Å². The van der Waals surface area contributed by atoms with Gasteiger partial charge in [-0.15, -0.1) is 0 Å². The highest BCUT2D eigenvalue weighted by Gasteiger charge is 2.18. The molecule has 2 aromatic heterocycles. The summed E-state index contributed by atoms with van der Waals surface area (Å²) in [5.74, 6) is -1.01. The molecule has 0 aliphatic heterocycles. The average molecular weight is 305 g/mol. The maximum absolute atomic E-state index is 11.4. The van der Waals surface area contributed by atoms with Crippen LogP contribution in [0.5, 0.6) is 0 Å². The molecule has 0 atom stereocenters. The number of hydrogen-bond acceptors (Lipinski definition) is 3. The summed E-state index contributed by atoms with van der Waals surface area (Å²) in [7, 11) is 0. The van der Waals surface area contributed by atoms with Gasteiger partial charge < -0.3 is 5.11 Å². The molecular weight excluding hydrogens is 296 g/mol. The van der Waals surface area contributed by atoms with Crippen LogP contribution in [0.15, 0.2) is 47.3 Å². The monoisotopic (exact) mass is 304 g/mol. The lowest BCUT2D eigenvalue weighted by Gasteiger charge is -2.02. The van der Waals surface area contributed by atoms with Crippen molar-refractivity contribution in [2.24, 2.45) is 0 Å². The van der Waals surface area contributed by atoms with Crippen LogP contribution >= 0.6 is 22.9 Å². The first-order chi connectivity index (χ1) is 9.66. The number of aromatic carboxylic acids is 1. The van der Waals surface area contributed by atoms with E-state index < -0.39 is 5.97 Å². The average Bonchev–Trinajstić information content (AvgIpc) is 3.08. The Hall–Kier alpha value is -2.11. The zero-order valence-electron chi connectivity index (χ0n) is 10.2. The van der Waals surface area contributed by atoms with Crippen molar-refractivity contribution in [2.75, 3.05) is 0 Å². The Morgan fingerprint density at radius 1 is 1.30 bits per heavy atom. The van der Waals surface area contributed by atoms with E-state index in [1.807, 2.05) is 29.0 Å². The van der Waals surface area contributed by atoms with E-state index in [2.05, 4.69) is 5.10 Å². The first kappa shape index (κ1) is 12.9. The van der Waals surface area contributed by atoms with E-state index in [-0.39, 0.29) is 5.56 Å². The number of carbonyl (C=O) groups is 1. The molecule has 0 aliphatic carbocycles. The van der Waals surface area contributed by atoms with Gasteiger partial charge in [-0.25, -0.2) is 9.48 Å². The molecule has 0 saturated heterocycles. The molecule has 0 fully saturated rings. The Morgan fingerprint density at radius 2 is 2.10 bits per heavy atom. The number of halogens is 1. The summed E-state index contributed by atoms with van der Waals surface area (Å²) in [6, 6.07) is 9.01. The summed E-state index contributed by atoms with van der Waals surface area (Å²) >= 11 is 7.61. The van der Waals surface area contributed by atoms with Crippen LogP contribution in [0.25, 0.3) is 16.9 Å². The number of benzene rings is 1. The van der Waals surface area contributed by atoms with E-state index in [1.54, 1.807) is 12.1 Å². The Kier molecular flexibility index (Phi) is 3.30. The van der Waals surface area contributed by atoms with Crippen LogP contribution in [0.2, 0.25) is 5.02 Å². The maximum atomic E-state index is 11.4. The van der Waals surface area contributed by atoms with Gasteiger partial charge in [0.05, 0.1) is 10.7 Å². The molecule has 20 heavy (non-hydrogen) atoms. The predicted octanol–water partition coefficient (Wildman–Crippen LogP) is 3.95. The van der Waals surface area contributed by atoms with Gasteiger partial charge in [0.1, 0.15) is 11.3 Å². The van der Waals surface area contributed by atoms with E-state index in [9.17, 15) is 9.90 Å². The van der Waals surface area contributed by atoms with Crippen molar-refractivity contribution < 1.29 is 9.90 Å². The Balaban J connectivity index is 2.18. The van der Waals surface area contributed by atoms with E-state index in [0.717, 1.165) is 5.56 Å². The molecule has 0 bridgehead atoms.